The molecule has 1 aliphatic heterocycles. The van der Waals surface area contributed by atoms with Crippen LogP contribution in [0.1, 0.15) is 23.4 Å². The molecule has 0 radical (unpaired) electrons. The number of anilines is 1. The number of hydrogen-bond donors (Lipinski definition) is 1. The zero-order valence-electron chi connectivity index (χ0n) is 14.9. The van der Waals surface area contributed by atoms with Crippen molar-refractivity contribution in [2.24, 2.45) is 0 Å². The fourth-order valence-electron chi connectivity index (χ4n) is 3.28. The minimum Gasteiger partial charge on any atom is -0.508 e. The topological polar surface area (TPSA) is 67.1 Å². The SMILES string of the molecule is Cc1cc(C)n(-c2cncc(N3CC=C(c4ccc(O)cc4)CC3)n2)n1. The van der Waals surface area contributed by atoms with E-state index in [0.29, 0.717) is 5.75 Å². The van der Waals surface area contributed by atoms with Crippen molar-refractivity contribution in [1.29, 1.82) is 0 Å². The Hall–Kier alpha value is -3.15. The lowest BCUT2D eigenvalue weighted by atomic mass is 9.99. The molecule has 0 saturated heterocycles. The Bertz CT molecular complexity index is 959. The van der Waals surface area contributed by atoms with Crippen LogP contribution in [0.5, 0.6) is 5.75 Å². The molecule has 6 nitrogen and oxygen atoms in total. The standard InChI is InChI=1S/C20H21N5O/c1-14-11-15(2)25(23-14)20-13-21-12-19(22-20)24-9-7-17(8-10-24)16-3-5-18(26)6-4-16/h3-7,11-13,26H,8-10H2,1-2H3. The first-order chi connectivity index (χ1) is 12.6. The molecule has 0 amide bonds. The van der Waals surface area contributed by atoms with E-state index in [9.17, 15) is 5.11 Å². The third-order valence-electron chi connectivity index (χ3n) is 4.61. The number of hydrogen-bond acceptors (Lipinski definition) is 5. The molecule has 1 aliphatic rings. The zero-order valence-corrected chi connectivity index (χ0v) is 14.9. The molecule has 1 N–H and O–H groups in total. The van der Waals surface area contributed by atoms with E-state index in [2.05, 4.69) is 21.1 Å². The van der Waals surface area contributed by atoms with Crippen LogP contribution in [0.4, 0.5) is 5.82 Å². The van der Waals surface area contributed by atoms with Crippen LogP contribution < -0.4 is 4.90 Å². The fraction of sp³-hybridized carbons (Fsp3) is 0.250. The van der Waals surface area contributed by atoms with Gasteiger partial charge in [-0.25, -0.2) is 9.67 Å². The molecule has 0 aliphatic carbocycles. The normalized spacial score (nSPS) is 14.4. The van der Waals surface area contributed by atoms with Crippen molar-refractivity contribution < 1.29 is 5.11 Å². The van der Waals surface area contributed by atoms with Gasteiger partial charge in [-0.2, -0.15) is 5.10 Å². The predicted octanol–water partition coefficient (Wildman–Crippen LogP) is 3.28. The Morgan fingerprint density at radius 2 is 1.81 bits per heavy atom. The Morgan fingerprint density at radius 3 is 2.46 bits per heavy atom. The van der Waals surface area contributed by atoms with Crippen molar-refractivity contribution in [1.82, 2.24) is 19.7 Å². The summed E-state index contributed by atoms with van der Waals surface area (Å²) in [5.41, 5.74) is 4.46. The molecule has 3 heterocycles. The van der Waals surface area contributed by atoms with Gasteiger partial charge in [-0.15, -0.1) is 0 Å². The number of rotatable bonds is 3. The van der Waals surface area contributed by atoms with Gasteiger partial charge in [-0.1, -0.05) is 18.2 Å². The van der Waals surface area contributed by atoms with Crippen LogP contribution in [-0.4, -0.2) is 37.9 Å². The highest BCUT2D eigenvalue weighted by Gasteiger charge is 2.16. The van der Waals surface area contributed by atoms with Crippen LogP contribution in [0.25, 0.3) is 11.4 Å². The van der Waals surface area contributed by atoms with Crippen molar-refractivity contribution in [2.45, 2.75) is 20.3 Å². The molecule has 0 unspecified atom stereocenters. The molecular formula is C20H21N5O. The lowest BCUT2D eigenvalue weighted by Gasteiger charge is -2.27. The van der Waals surface area contributed by atoms with E-state index in [1.807, 2.05) is 36.7 Å². The summed E-state index contributed by atoms with van der Waals surface area (Å²) in [5, 5.41) is 13.9. The average molecular weight is 347 g/mol. The predicted molar refractivity (Wildman–Crippen MR) is 102 cm³/mol. The molecule has 0 spiro atoms. The Kier molecular flexibility index (Phi) is 4.16. The van der Waals surface area contributed by atoms with Crippen molar-refractivity contribution in [2.75, 3.05) is 18.0 Å². The molecule has 1 aromatic carbocycles. The Morgan fingerprint density at radius 1 is 1.04 bits per heavy atom. The van der Waals surface area contributed by atoms with E-state index in [1.165, 1.54) is 5.57 Å². The molecule has 6 heteroatoms. The van der Waals surface area contributed by atoms with Crippen molar-refractivity contribution in [3.8, 4) is 11.6 Å². The molecule has 3 aromatic rings. The summed E-state index contributed by atoms with van der Waals surface area (Å²) in [7, 11) is 0. The van der Waals surface area contributed by atoms with Crippen molar-refractivity contribution >= 4 is 11.4 Å². The summed E-state index contributed by atoms with van der Waals surface area (Å²) >= 11 is 0. The highest BCUT2D eigenvalue weighted by atomic mass is 16.3. The maximum atomic E-state index is 9.44. The summed E-state index contributed by atoms with van der Waals surface area (Å²) in [6, 6.07) is 9.40. The second-order valence-corrected chi connectivity index (χ2v) is 6.55. The second kappa shape index (κ2) is 6.63. The van der Waals surface area contributed by atoms with Gasteiger partial charge < -0.3 is 10.0 Å². The second-order valence-electron chi connectivity index (χ2n) is 6.55. The smallest absolute Gasteiger partial charge is 0.174 e. The Balaban J connectivity index is 1.55. The molecule has 2 aromatic heterocycles. The van der Waals surface area contributed by atoms with E-state index in [1.54, 1.807) is 24.5 Å². The lowest BCUT2D eigenvalue weighted by Crippen LogP contribution is -2.29. The van der Waals surface area contributed by atoms with E-state index in [0.717, 1.165) is 48.1 Å². The van der Waals surface area contributed by atoms with Crippen molar-refractivity contribution in [3.63, 3.8) is 0 Å². The molecule has 132 valence electrons. The highest BCUT2D eigenvalue weighted by Crippen LogP contribution is 2.26. The number of phenolic OH excluding ortho intramolecular Hbond substituents is 1. The van der Waals surface area contributed by atoms with Gasteiger partial charge in [0, 0.05) is 18.8 Å². The first-order valence-electron chi connectivity index (χ1n) is 8.69. The molecule has 4 rings (SSSR count). The minimum atomic E-state index is 0.294. The third kappa shape index (κ3) is 3.18. The number of aryl methyl sites for hydroxylation is 2. The first kappa shape index (κ1) is 16.3. The minimum absolute atomic E-state index is 0.294. The largest absolute Gasteiger partial charge is 0.508 e. The van der Waals surface area contributed by atoms with Crippen LogP contribution in [0.3, 0.4) is 0 Å². The first-order valence-corrected chi connectivity index (χ1v) is 8.69. The number of aromatic hydroxyl groups is 1. The lowest BCUT2D eigenvalue weighted by molar-refractivity contribution is 0.475. The fourth-order valence-corrected chi connectivity index (χ4v) is 3.28. The average Bonchev–Trinajstić information content (AvgIpc) is 3.01. The van der Waals surface area contributed by atoms with Crippen LogP contribution in [0, 0.1) is 13.8 Å². The molecule has 0 fully saturated rings. The third-order valence-corrected chi connectivity index (χ3v) is 4.61. The van der Waals surface area contributed by atoms with E-state index in [4.69, 9.17) is 4.98 Å². The number of phenols is 1. The quantitative estimate of drug-likeness (QED) is 0.787. The summed E-state index contributed by atoms with van der Waals surface area (Å²) < 4.78 is 1.83. The molecular weight excluding hydrogens is 326 g/mol. The number of aromatic nitrogens is 4. The maximum absolute atomic E-state index is 9.44. The van der Waals surface area contributed by atoms with Gasteiger partial charge in [-0.3, -0.25) is 4.98 Å². The highest BCUT2D eigenvalue weighted by molar-refractivity contribution is 5.68. The van der Waals surface area contributed by atoms with Crippen LogP contribution >= 0.6 is 0 Å². The molecule has 26 heavy (non-hydrogen) atoms. The zero-order chi connectivity index (χ0) is 18.1. The summed E-state index contributed by atoms with van der Waals surface area (Å²) in [4.78, 5) is 11.3. The van der Waals surface area contributed by atoms with Gasteiger partial charge in [-0.05, 0) is 49.6 Å². The van der Waals surface area contributed by atoms with Crippen LogP contribution in [-0.2, 0) is 0 Å². The Labute approximate surface area is 152 Å². The number of nitrogens with zero attached hydrogens (tertiary/aromatic N) is 5. The van der Waals surface area contributed by atoms with Crippen LogP contribution in [0.15, 0.2) is 48.8 Å². The van der Waals surface area contributed by atoms with E-state index in [-0.39, 0.29) is 0 Å². The van der Waals surface area contributed by atoms with Crippen LogP contribution in [0.2, 0.25) is 0 Å². The summed E-state index contributed by atoms with van der Waals surface area (Å²) in [6.07, 6.45) is 6.68. The summed E-state index contributed by atoms with van der Waals surface area (Å²) in [6.45, 7) is 5.65. The van der Waals surface area contributed by atoms with E-state index < -0.39 is 0 Å². The van der Waals surface area contributed by atoms with Gasteiger partial charge in [0.1, 0.15) is 11.6 Å². The number of benzene rings is 1. The van der Waals surface area contributed by atoms with Gasteiger partial charge in [0.05, 0.1) is 18.1 Å². The van der Waals surface area contributed by atoms with E-state index >= 15 is 0 Å². The molecule has 0 atom stereocenters. The van der Waals surface area contributed by atoms with Gasteiger partial charge >= 0.3 is 0 Å². The maximum Gasteiger partial charge on any atom is 0.174 e. The molecule has 0 bridgehead atoms. The molecule has 0 saturated carbocycles. The monoisotopic (exact) mass is 347 g/mol. The summed E-state index contributed by atoms with van der Waals surface area (Å²) in [5.74, 6) is 1.89. The van der Waals surface area contributed by atoms with Gasteiger partial charge in [0.15, 0.2) is 5.82 Å². The van der Waals surface area contributed by atoms with Gasteiger partial charge in [0.2, 0.25) is 0 Å². The van der Waals surface area contributed by atoms with Crippen molar-refractivity contribution in [3.05, 3.63) is 65.8 Å². The van der Waals surface area contributed by atoms with Gasteiger partial charge in [0.25, 0.3) is 0 Å².